The summed E-state index contributed by atoms with van der Waals surface area (Å²) >= 11 is 6.16. The van der Waals surface area contributed by atoms with E-state index in [4.69, 9.17) is 21.3 Å². The van der Waals surface area contributed by atoms with Crippen LogP contribution >= 0.6 is 11.6 Å². The summed E-state index contributed by atoms with van der Waals surface area (Å²) in [6.07, 6.45) is 3.79. The van der Waals surface area contributed by atoms with Crippen LogP contribution in [0.5, 0.6) is 5.75 Å². The zero-order valence-corrected chi connectivity index (χ0v) is 13.7. The molecule has 114 valence electrons. The number of alkyl halides is 1. The summed E-state index contributed by atoms with van der Waals surface area (Å²) in [6, 6.07) is 6.64. The van der Waals surface area contributed by atoms with Gasteiger partial charge in [-0.25, -0.2) is 4.98 Å². The smallest absolute Gasteiger partial charge is 0.125 e. The van der Waals surface area contributed by atoms with Crippen molar-refractivity contribution in [3.05, 3.63) is 24.0 Å². The Bertz CT molecular complexity index is 637. The Morgan fingerprint density at radius 3 is 2.81 bits per heavy atom. The molecule has 0 aliphatic heterocycles. The van der Waals surface area contributed by atoms with E-state index in [1.54, 1.807) is 7.11 Å². The molecule has 0 N–H and O–H groups in total. The molecule has 0 spiro atoms. The minimum Gasteiger partial charge on any atom is -0.497 e. The fourth-order valence-corrected chi connectivity index (χ4v) is 4.07. The summed E-state index contributed by atoms with van der Waals surface area (Å²) in [6.45, 7) is 4.67. The zero-order chi connectivity index (χ0) is 15.0. The van der Waals surface area contributed by atoms with Crippen molar-refractivity contribution in [2.24, 2.45) is 11.8 Å². The molecule has 3 unspecified atom stereocenters. The third-order valence-electron chi connectivity index (χ3n) is 5.13. The molecule has 1 aromatic heterocycles. The molecule has 1 aliphatic carbocycles. The SMILES string of the molecule is CCC1CCC(n2c(CCl)nc3cc(OC)ccc32)C1C. The maximum atomic E-state index is 6.16. The van der Waals surface area contributed by atoms with Crippen molar-refractivity contribution >= 4 is 22.6 Å². The van der Waals surface area contributed by atoms with Crippen LogP contribution in [0.2, 0.25) is 0 Å². The molecule has 4 heteroatoms. The van der Waals surface area contributed by atoms with Gasteiger partial charge in [-0.05, 0) is 36.8 Å². The van der Waals surface area contributed by atoms with Gasteiger partial charge in [0, 0.05) is 12.1 Å². The molecule has 0 amide bonds. The number of methoxy groups -OCH3 is 1. The predicted octanol–water partition coefficient (Wildman–Crippen LogP) is 4.78. The quantitative estimate of drug-likeness (QED) is 0.760. The van der Waals surface area contributed by atoms with Crippen molar-refractivity contribution in [2.45, 2.75) is 45.0 Å². The van der Waals surface area contributed by atoms with Crippen LogP contribution in [-0.2, 0) is 5.88 Å². The normalized spacial score (nSPS) is 25.6. The Hall–Kier alpha value is -1.22. The summed E-state index contributed by atoms with van der Waals surface area (Å²) in [5.74, 6) is 3.77. The first-order chi connectivity index (χ1) is 10.2. The molecule has 21 heavy (non-hydrogen) atoms. The standard InChI is InChI=1S/C17H23ClN2O/c1-4-12-5-7-15(11(12)2)20-16-8-6-13(21-3)9-14(16)19-17(20)10-18/h6,8-9,11-12,15H,4-5,7,10H2,1-3H3. The Morgan fingerprint density at radius 1 is 1.38 bits per heavy atom. The third kappa shape index (κ3) is 2.42. The predicted molar refractivity (Wildman–Crippen MR) is 87.1 cm³/mol. The van der Waals surface area contributed by atoms with Gasteiger partial charge < -0.3 is 9.30 Å². The molecule has 1 aromatic carbocycles. The van der Waals surface area contributed by atoms with Crippen LogP contribution in [0, 0.1) is 11.8 Å². The Kier molecular flexibility index (Phi) is 4.12. The van der Waals surface area contributed by atoms with Gasteiger partial charge in [-0.3, -0.25) is 0 Å². The van der Waals surface area contributed by atoms with Crippen molar-refractivity contribution in [1.29, 1.82) is 0 Å². The van der Waals surface area contributed by atoms with Crippen LogP contribution in [0.15, 0.2) is 18.2 Å². The van der Waals surface area contributed by atoms with Crippen LogP contribution in [0.1, 0.15) is 45.0 Å². The summed E-state index contributed by atoms with van der Waals surface area (Å²) < 4.78 is 7.68. The van der Waals surface area contributed by atoms with E-state index in [1.165, 1.54) is 24.8 Å². The van der Waals surface area contributed by atoms with E-state index >= 15 is 0 Å². The van der Waals surface area contributed by atoms with Crippen LogP contribution in [0.25, 0.3) is 11.0 Å². The molecule has 2 aromatic rings. The highest BCUT2D eigenvalue weighted by atomic mass is 35.5. The van der Waals surface area contributed by atoms with Gasteiger partial charge in [0.05, 0.1) is 24.0 Å². The van der Waals surface area contributed by atoms with Crippen molar-refractivity contribution in [3.63, 3.8) is 0 Å². The second kappa shape index (κ2) is 5.88. The van der Waals surface area contributed by atoms with E-state index in [0.29, 0.717) is 17.8 Å². The number of rotatable bonds is 4. The summed E-state index contributed by atoms with van der Waals surface area (Å²) in [5.41, 5.74) is 2.16. The van der Waals surface area contributed by atoms with Crippen molar-refractivity contribution < 1.29 is 4.74 Å². The number of fused-ring (bicyclic) bond motifs is 1. The van der Waals surface area contributed by atoms with E-state index in [0.717, 1.165) is 23.0 Å². The van der Waals surface area contributed by atoms with Gasteiger partial charge in [0.15, 0.2) is 0 Å². The minimum atomic E-state index is 0.455. The maximum Gasteiger partial charge on any atom is 0.125 e. The molecule has 3 rings (SSSR count). The fourth-order valence-electron chi connectivity index (χ4n) is 3.88. The molecular weight excluding hydrogens is 284 g/mol. The topological polar surface area (TPSA) is 27.1 Å². The van der Waals surface area contributed by atoms with Crippen LogP contribution in [-0.4, -0.2) is 16.7 Å². The molecule has 1 aliphatic rings. The van der Waals surface area contributed by atoms with E-state index in [-0.39, 0.29) is 0 Å². The van der Waals surface area contributed by atoms with Crippen molar-refractivity contribution in [2.75, 3.05) is 7.11 Å². The van der Waals surface area contributed by atoms with Crippen LogP contribution in [0.4, 0.5) is 0 Å². The van der Waals surface area contributed by atoms with Gasteiger partial charge in [0.2, 0.25) is 0 Å². The number of aromatic nitrogens is 2. The summed E-state index contributed by atoms with van der Waals surface area (Å²) in [5, 5.41) is 0. The number of hydrogen-bond acceptors (Lipinski definition) is 2. The van der Waals surface area contributed by atoms with Gasteiger partial charge >= 0.3 is 0 Å². The van der Waals surface area contributed by atoms with Crippen LogP contribution < -0.4 is 4.74 Å². The number of nitrogens with zero attached hydrogens (tertiary/aromatic N) is 2. The molecule has 3 atom stereocenters. The zero-order valence-electron chi connectivity index (χ0n) is 13.0. The Balaban J connectivity index is 2.08. The van der Waals surface area contributed by atoms with E-state index in [2.05, 4.69) is 24.5 Å². The molecule has 1 saturated carbocycles. The molecule has 0 radical (unpaired) electrons. The lowest BCUT2D eigenvalue weighted by Crippen LogP contribution is -2.17. The average molecular weight is 307 g/mol. The summed E-state index contributed by atoms with van der Waals surface area (Å²) in [4.78, 5) is 4.72. The van der Waals surface area contributed by atoms with E-state index in [1.807, 2.05) is 12.1 Å². The van der Waals surface area contributed by atoms with Gasteiger partial charge in [-0.1, -0.05) is 20.3 Å². The molecule has 0 bridgehead atoms. The highest BCUT2D eigenvalue weighted by molar-refractivity contribution is 6.16. The second-order valence-electron chi connectivity index (χ2n) is 6.06. The van der Waals surface area contributed by atoms with E-state index in [9.17, 15) is 0 Å². The molecule has 3 nitrogen and oxygen atoms in total. The molecular formula is C17H23ClN2O. The number of ether oxygens (including phenoxy) is 1. The van der Waals surface area contributed by atoms with Crippen molar-refractivity contribution in [1.82, 2.24) is 9.55 Å². The lowest BCUT2D eigenvalue weighted by molar-refractivity contribution is 0.330. The maximum absolute atomic E-state index is 6.16. The highest BCUT2D eigenvalue weighted by Gasteiger charge is 2.34. The second-order valence-corrected chi connectivity index (χ2v) is 6.33. The first-order valence-corrected chi connectivity index (χ1v) is 8.33. The van der Waals surface area contributed by atoms with E-state index < -0.39 is 0 Å². The number of benzene rings is 1. The number of hydrogen-bond donors (Lipinski definition) is 0. The third-order valence-corrected chi connectivity index (χ3v) is 5.37. The largest absolute Gasteiger partial charge is 0.497 e. The first kappa shape index (κ1) is 14.7. The Morgan fingerprint density at radius 2 is 2.19 bits per heavy atom. The monoisotopic (exact) mass is 306 g/mol. The molecule has 0 saturated heterocycles. The van der Waals surface area contributed by atoms with Gasteiger partial charge in [0.1, 0.15) is 11.6 Å². The fraction of sp³-hybridized carbons (Fsp3) is 0.588. The lowest BCUT2D eigenvalue weighted by atomic mass is 9.93. The van der Waals surface area contributed by atoms with Gasteiger partial charge in [-0.15, -0.1) is 11.6 Å². The lowest BCUT2D eigenvalue weighted by Gasteiger charge is -2.23. The number of halogens is 1. The number of imidazole rings is 1. The minimum absolute atomic E-state index is 0.455. The van der Waals surface area contributed by atoms with Crippen LogP contribution in [0.3, 0.4) is 0 Å². The highest BCUT2D eigenvalue weighted by Crippen LogP contribution is 2.43. The Labute approximate surface area is 131 Å². The average Bonchev–Trinajstić information content (AvgIpc) is 3.05. The molecule has 1 fully saturated rings. The van der Waals surface area contributed by atoms with Gasteiger partial charge in [0.25, 0.3) is 0 Å². The van der Waals surface area contributed by atoms with Crippen molar-refractivity contribution in [3.8, 4) is 5.75 Å². The van der Waals surface area contributed by atoms with Gasteiger partial charge in [-0.2, -0.15) is 0 Å². The summed E-state index contributed by atoms with van der Waals surface area (Å²) in [7, 11) is 1.69. The molecule has 1 heterocycles. The first-order valence-electron chi connectivity index (χ1n) is 7.80.